The van der Waals surface area contributed by atoms with Gasteiger partial charge in [-0.25, -0.2) is 9.07 Å². The van der Waals surface area contributed by atoms with E-state index in [1.54, 1.807) is 26.4 Å². The number of nitrogens with zero attached hydrogens (tertiary/aromatic N) is 3. The van der Waals surface area contributed by atoms with Crippen LogP contribution in [0.25, 0.3) is 38.8 Å². The Morgan fingerprint density at radius 1 is 0.812 bits per heavy atom. The number of benzene rings is 3. The van der Waals surface area contributed by atoms with E-state index in [-0.39, 0.29) is 5.82 Å². The first-order chi connectivity index (χ1) is 15.5. The minimum Gasteiger partial charge on any atom is -0.493 e. The van der Waals surface area contributed by atoms with Crippen LogP contribution >= 0.6 is 0 Å². The molecule has 0 spiro atoms. The predicted molar refractivity (Wildman–Crippen MR) is 124 cm³/mol. The molecule has 6 heteroatoms. The highest BCUT2D eigenvalue weighted by molar-refractivity contribution is 6.09. The number of fused-ring (bicyclic) bond motifs is 3. The number of rotatable bonds is 4. The molecule has 5 rings (SSSR count). The molecule has 2 aromatic heterocycles. The molecule has 0 amide bonds. The number of hydrogen-bond donors (Lipinski definition) is 0. The van der Waals surface area contributed by atoms with Crippen LogP contribution in [0.15, 0.2) is 60.8 Å². The maximum Gasteiger partial charge on any atom is 0.162 e. The Morgan fingerprint density at radius 2 is 1.53 bits per heavy atom. The monoisotopic (exact) mass is 427 g/mol. The van der Waals surface area contributed by atoms with E-state index in [0.29, 0.717) is 11.5 Å². The smallest absolute Gasteiger partial charge is 0.162 e. The minimum atomic E-state index is -0.285. The van der Waals surface area contributed by atoms with Crippen LogP contribution in [-0.2, 0) is 0 Å². The molecule has 0 fully saturated rings. The molecule has 0 aliphatic rings. The Kier molecular flexibility index (Phi) is 4.78. The molecule has 0 unspecified atom stereocenters. The zero-order chi connectivity index (χ0) is 22.4. The molecule has 0 bridgehead atoms. The van der Waals surface area contributed by atoms with Gasteiger partial charge in [-0.3, -0.25) is 4.98 Å². The van der Waals surface area contributed by atoms with Crippen molar-refractivity contribution in [1.82, 2.24) is 14.8 Å². The summed E-state index contributed by atoms with van der Waals surface area (Å²) in [5.74, 6) is 0.945. The van der Waals surface area contributed by atoms with E-state index in [1.807, 2.05) is 23.0 Å². The Hall–Kier alpha value is -3.93. The van der Waals surface area contributed by atoms with Crippen LogP contribution in [0.3, 0.4) is 0 Å². The Morgan fingerprint density at radius 3 is 2.22 bits per heavy atom. The number of ether oxygens (including phenoxy) is 2. The highest BCUT2D eigenvalue weighted by Gasteiger charge is 2.19. The van der Waals surface area contributed by atoms with Gasteiger partial charge in [0.2, 0.25) is 0 Å². The summed E-state index contributed by atoms with van der Waals surface area (Å²) < 4.78 is 26.5. The van der Waals surface area contributed by atoms with Gasteiger partial charge in [-0.2, -0.15) is 5.10 Å². The lowest BCUT2D eigenvalue weighted by atomic mass is 10.1. The van der Waals surface area contributed by atoms with E-state index in [4.69, 9.17) is 14.6 Å². The van der Waals surface area contributed by atoms with Gasteiger partial charge in [-0.05, 0) is 67.4 Å². The van der Waals surface area contributed by atoms with Gasteiger partial charge in [0.25, 0.3) is 0 Å². The lowest BCUT2D eigenvalue weighted by Gasteiger charge is -2.11. The molecule has 32 heavy (non-hydrogen) atoms. The van der Waals surface area contributed by atoms with Crippen molar-refractivity contribution in [2.45, 2.75) is 13.8 Å². The Bertz CT molecular complexity index is 1470. The van der Waals surface area contributed by atoms with Crippen LogP contribution in [0.2, 0.25) is 0 Å². The number of hydrogen-bond acceptors (Lipinski definition) is 4. The third-order valence-electron chi connectivity index (χ3n) is 5.86. The van der Waals surface area contributed by atoms with Crippen LogP contribution in [0.4, 0.5) is 4.39 Å². The summed E-state index contributed by atoms with van der Waals surface area (Å²) in [7, 11) is 3.22. The van der Waals surface area contributed by atoms with E-state index in [1.165, 1.54) is 23.3 Å². The van der Waals surface area contributed by atoms with Crippen LogP contribution in [-0.4, -0.2) is 29.0 Å². The van der Waals surface area contributed by atoms with Crippen molar-refractivity contribution in [2.75, 3.05) is 14.2 Å². The third-order valence-corrected chi connectivity index (χ3v) is 5.86. The number of pyridine rings is 1. The maximum atomic E-state index is 13.6. The van der Waals surface area contributed by atoms with Crippen LogP contribution in [0, 0.1) is 19.7 Å². The average Bonchev–Trinajstić information content (AvgIpc) is 3.20. The van der Waals surface area contributed by atoms with E-state index in [2.05, 4.69) is 37.0 Å². The van der Waals surface area contributed by atoms with Crippen LogP contribution in [0.5, 0.6) is 11.5 Å². The van der Waals surface area contributed by atoms with Crippen molar-refractivity contribution in [3.05, 3.63) is 77.7 Å². The van der Waals surface area contributed by atoms with Gasteiger partial charge in [0.15, 0.2) is 11.5 Å². The highest BCUT2D eigenvalue weighted by Crippen LogP contribution is 2.38. The summed E-state index contributed by atoms with van der Waals surface area (Å²) >= 11 is 0. The number of methoxy groups -OCH3 is 2. The second kappa shape index (κ2) is 7.64. The fraction of sp³-hybridized carbons (Fsp3) is 0.154. The van der Waals surface area contributed by atoms with Crippen molar-refractivity contribution in [3.63, 3.8) is 0 Å². The zero-order valence-electron chi connectivity index (χ0n) is 18.3. The lowest BCUT2D eigenvalue weighted by Crippen LogP contribution is -1.99. The summed E-state index contributed by atoms with van der Waals surface area (Å²) in [6.07, 6.45) is 1.81. The minimum absolute atomic E-state index is 0.285. The molecule has 5 aromatic rings. The van der Waals surface area contributed by atoms with Crippen molar-refractivity contribution < 1.29 is 13.9 Å². The first kappa shape index (κ1) is 20.0. The maximum absolute atomic E-state index is 13.6. The van der Waals surface area contributed by atoms with Crippen molar-refractivity contribution in [3.8, 4) is 28.4 Å². The molecule has 0 aliphatic carbocycles. The number of aromatic nitrogens is 3. The third kappa shape index (κ3) is 3.15. The van der Waals surface area contributed by atoms with Gasteiger partial charge in [-0.1, -0.05) is 6.07 Å². The molecule has 0 aliphatic heterocycles. The normalized spacial score (nSPS) is 11.3. The predicted octanol–water partition coefficient (Wildman–Crippen LogP) is 6.01. The van der Waals surface area contributed by atoms with Crippen molar-refractivity contribution in [2.24, 2.45) is 0 Å². The molecule has 160 valence electrons. The number of aryl methyl sites for hydroxylation is 2. The number of halogens is 1. The van der Waals surface area contributed by atoms with Crippen molar-refractivity contribution >= 4 is 21.8 Å². The molecule has 5 nitrogen and oxygen atoms in total. The molecule has 3 aromatic carbocycles. The fourth-order valence-electron chi connectivity index (χ4n) is 3.98. The Labute approximate surface area is 185 Å². The summed E-state index contributed by atoms with van der Waals surface area (Å²) in [4.78, 5) is 4.67. The first-order valence-electron chi connectivity index (χ1n) is 10.3. The molecule has 2 heterocycles. The second-order valence-electron chi connectivity index (χ2n) is 7.78. The summed E-state index contributed by atoms with van der Waals surface area (Å²) in [6.45, 7) is 4.17. The van der Waals surface area contributed by atoms with Gasteiger partial charge in [0.05, 0.1) is 30.9 Å². The van der Waals surface area contributed by atoms with Gasteiger partial charge >= 0.3 is 0 Å². The van der Waals surface area contributed by atoms with Gasteiger partial charge in [0, 0.05) is 28.6 Å². The SMILES string of the molecule is COc1cc2ncc3c(-c4ccc(F)cc4)nn(-c4ccc(C)c(C)c4)c3c2cc1OC. The summed E-state index contributed by atoms with van der Waals surface area (Å²) in [6, 6.07) is 16.4. The van der Waals surface area contributed by atoms with Crippen LogP contribution < -0.4 is 9.47 Å². The summed E-state index contributed by atoms with van der Waals surface area (Å²) in [5, 5.41) is 6.72. The summed E-state index contributed by atoms with van der Waals surface area (Å²) in [5.41, 5.74) is 6.55. The molecule has 0 radical (unpaired) electrons. The molecular weight excluding hydrogens is 405 g/mol. The highest BCUT2D eigenvalue weighted by atomic mass is 19.1. The second-order valence-corrected chi connectivity index (χ2v) is 7.78. The van der Waals surface area contributed by atoms with E-state index < -0.39 is 0 Å². The molecule has 0 N–H and O–H groups in total. The van der Waals surface area contributed by atoms with Gasteiger partial charge in [0.1, 0.15) is 11.5 Å². The lowest BCUT2D eigenvalue weighted by molar-refractivity contribution is 0.356. The van der Waals surface area contributed by atoms with Crippen molar-refractivity contribution in [1.29, 1.82) is 0 Å². The molecule has 0 saturated carbocycles. The molecular formula is C26H22FN3O2. The largest absolute Gasteiger partial charge is 0.493 e. The zero-order valence-corrected chi connectivity index (χ0v) is 18.3. The van der Waals surface area contributed by atoms with Gasteiger partial charge < -0.3 is 9.47 Å². The van der Waals surface area contributed by atoms with E-state index in [9.17, 15) is 4.39 Å². The van der Waals surface area contributed by atoms with Crippen LogP contribution in [0.1, 0.15) is 11.1 Å². The van der Waals surface area contributed by atoms with Gasteiger partial charge in [-0.15, -0.1) is 0 Å². The average molecular weight is 427 g/mol. The topological polar surface area (TPSA) is 49.2 Å². The Balaban J connectivity index is 1.90. The molecule has 0 saturated heterocycles. The molecule has 0 atom stereocenters. The van der Waals surface area contributed by atoms with E-state index >= 15 is 0 Å². The first-order valence-corrected chi connectivity index (χ1v) is 10.3. The standard InChI is InChI=1S/C26H22FN3O2/c1-15-5-10-19(11-16(15)2)30-26-20-12-23(31-3)24(32-4)13-22(20)28-14-21(26)25(29-30)17-6-8-18(27)9-7-17/h5-14H,1-4H3. The quantitative estimate of drug-likeness (QED) is 0.352. The van der Waals surface area contributed by atoms with E-state index in [0.717, 1.165) is 38.8 Å². The fourth-order valence-corrected chi connectivity index (χ4v) is 3.98.